The Hall–Kier alpha value is -0.780. The van der Waals surface area contributed by atoms with Crippen LogP contribution >= 0.6 is 11.6 Å². The molecule has 3 rings (SSSR count). The Morgan fingerprint density at radius 2 is 1.95 bits per heavy atom. The zero-order chi connectivity index (χ0) is 13.6. The molecule has 0 spiro atoms. The molecule has 2 fully saturated rings. The first-order valence-corrected chi connectivity index (χ1v) is 8.37. The first kappa shape index (κ1) is 13.2. The zero-order valence-corrected chi connectivity index (χ0v) is 12.1. The third kappa shape index (κ3) is 2.73. The average Bonchev–Trinajstić information content (AvgIpc) is 3.23. The van der Waals surface area contributed by atoms with Crippen LogP contribution in [0.3, 0.4) is 0 Å². The van der Waals surface area contributed by atoms with E-state index < -0.39 is 10.0 Å². The van der Waals surface area contributed by atoms with Crippen molar-refractivity contribution in [2.75, 3.05) is 12.3 Å². The van der Waals surface area contributed by atoms with Crippen LogP contribution in [0.2, 0.25) is 5.02 Å². The molecule has 2 aliphatic rings. The first-order valence-electron chi connectivity index (χ1n) is 6.55. The van der Waals surface area contributed by atoms with Crippen molar-refractivity contribution in [1.82, 2.24) is 4.31 Å². The molecule has 104 valence electrons. The maximum Gasteiger partial charge on any atom is 0.243 e. The van der Waals surface area contributed by atoms with Gasteiger partial charge in [-0.25, -0.2) is 8.42 Å². The fourth-order valence-corrected chi connectivity index (χ4v) is 4.09. The number of hydrogen-bond acceptors (Lipinski definition) is 3. The molecule has 0 aliphatic heterocycles. The molecular weight excluding hydrogens is 284 g/mol. The van der Waals surface area contributed by atoms with Crippen molar-refractivity contribution in [2.24, 2.45) is 5.92 Å². The van der Waals surface area contributed by atoms with E-state index in [2.05, 4.69) is 0 Å². The Balaban J connectivity index is 1.92. The minimum atomic E-state index is -3.44. The molecule has 0 saturated heterocycles. The van der Waals surface area contributed by atoms with Gasteiger partial charge in [-0.15, -0.1) is 0 Å². The zero-order valence-electron chi connectivity index (χ0n) is 10.5. The number of nitrogens with zero attached hydrogens (tertiary/aromatic N) is 1. The van der Waals surface area contributed by atoms with Gasteiger partial charge in [0.05, 0.1) is 15.6 Å². The predicted octanol–water partition coefficient (Wildman–Crippen LogP) is 2.49. The molecule has 4 nitrogen and oxygen atoms in total. The molecule has 0 heterocycles. The number of halogens is 1. The van der Waals surface area contributed by atoms with Gasteiger partial charge in [-0.05, 0) is 49.8 Å². The third-order valence-electron chi connectivity index (χ3n) is 3.66. The highest BCUT2D eigenvalue weighted by atomic mass is 35.5. The van der Waals surface area contributed by atoms with Crippen molar-refractivity contribution in [2.45, 2.75) is 36.6 Å². The Kier molecular flexibility index (Phi) is 3.23. The molecule has 19 heavy (non-hydrogen) atoms. The van der Waals surface area contributed by atoms with Crippen molar-refractivity contribution in [1.29, 1.82) is 0 Å². The Bertz CT molecular complexity index is 595. The van der Waals surface area contributed by atoms with E-state index in [0.29, 0.717) is 23.2 Å². The second-order valence-corrected chi connectivity index (χ2v) is 7.73. The Labute approximate surface area is 118 Å². The highest BCUT2D eigenvalue weighted by Crippen LogP contribution is 2.38. The second kappa shape index (κ2) is 4.65. The van der Waals surface area contributed by atoms with E-state index in [-0.39, 0.29) is 10.9 Å². The number of hydrogen-bond donors (Lipinski definition) is 1. The van der Waals surface area contributed by atoms with Crippen LogP contribution in [-0.2, 0) is 10.0 Å². The summed E-state index contributed by atoms with van der Waals surface area (Å²) in [6.07, 6.45) is 4.22. The lowest BCUT2D eigenvalue weighted by Gasteiger charge is -2.22. The Morgan fingerprint density at radius 3 is 2.47 bits per heavy atom. The molecule has 0 aromatic heterocycles. The number of nitrogens with two attached hydrogens (primary N) is 1. The van der Waals surface area contributed by atoms with E-state index in [1.54, 1.807) is 10.4 Å². The van der Waals surface area contributed by atoms with E-state index in [4.69, 9.17) is 17.3 Å². The monoisotopic (exact) mass is 300 g/mol. The quantitative estimate of drug-likeness (QED) is 0.850. The molecule has 0 amide bonds. The van der Waals surface area contributed by atoms with Crippen LogP contribution < -0.4 is 5.73 Å². The predicted molar refractivity (Wildman–Crippen MR) is 75.5 cm³/mol. The molecule has 2 N–H and O–H groups in total. The summed E-state index contributed by atoms with van der Waals surface area (Å²) in [4.78, 5) is 0.252. The second-order valence-electron chi connectivity index (χ2n) is 5.43. The van der Waals surface area contributed by atoms with E-state index in [1.165, 1.54) is 12.1 Å². The van der Waals surface area contributed by atoms with Crippen LogP contribution in [-0.4, -0.2) is 25.3 Å². The van der Waals surface area contributed by atoms with Crippen molar-refractivity contribution in [3.63, 3.8) is 0 Å². The summed E-state index contributed by atoms with van der Waals surface area (Å²) < 4.78 is 27.0. The number of sulfonamides is 1. The minimum absolute atomic E-state index is 0.183. The van der Waals surface area contributed by atoms with Crippen molar-refractivity contribution in [3.8, 4) is 0 Å². The van der Waals surface area contributed by atoms with Crippen molar-refractivity contribution < 1.29 is 8.42 Å². The number of anilines is 1. The molecule has 1 aromatic rings. The largest absolute Gasteiger partial charge is 0.397 e. The smallest absolute Gasteiger partial charge is 0.243 e. The van der Waals surface area contributed by atoms with E-state index in [0.717, 1.165) is 25.7 Å². The highest BCUT2D eigenvalue weighted by Gasteiger charge is 2.41. The lowest BCUT2D eigenvalue weighted by Crippen LogP contribution is -2.35. The molecule has 1 aromatic carbocycles. The van der Waals surface area contributed by atoms with Crippen LogP contribution in [0.5, 0.6) is 0 Å². The molecule has 2 saturated carbocycles. The molecule has 0 bridgehead atoms. The van der Waals surface area contributed by atoms with Gasteiger partial charge in [-0.1, -0.05) is 11.6 Å². The van der Waals surface area contributed by atoms with Crippen LogP contribution in [0.1, 0.15) is 25.7 Å². The average molecular weight is 301 g/mol. The first-order chi connectivity index (χ1) is 8.98. The van der Waals surface area contributed by atoms with Gasteiger partial charge in [0.15, 0.2) is 0 Å². The summed E-state index contributed by atoms with van der Waals surface area (Å²) in [5, 5.41) is 0.388. The van der Waals surface area contributed by atoms with Gasteiger partial charge < -0.3 is 5.73 Å². The lowest BCUT2D eigenvalue weighted by atomic mass is 10.3. The molecule has 0 unspecified atom stereocenters. The van der Waals surface area contributed by atoms with Gasteiger partial charge >= 0.3 is 0 Å². The van der Waals surface area contributed by atoms with E-state index in [1.807, 2.05) is 0 Å². The highest BCUT2D eigenvalue weighted by molar-refractivity contribution is 7.89. The number of rotatable bonds is 5. The number of nitrogen functional groups attached to an aromatic ring is 1. The third-order valence-corrected chi connectivity index (χ3v) is 5.92. The fraction of sp³-hybridized carbons (Fsp3) is 0.538. The van der Waals surface area contributed by atoms with Crippen molar-refractivity contribution >= 4 is 27.3 Å². The van der Waals surface area contributed by atoms with E-state index in [9.17, 15) is 8.42 Å². The van der Waals surface area contributed by atoms with Gasteiger partial charge in [-0.3, -0.25) is 0 Å². The van der Waals surface area contributed by atoms with Gasteiger partial charge in [0.2, 0.25) is 10.0 Å². The fourth-order valence-electron chi connectivity index (χ4n) is 2.18. The lowest BCUT2D eigenvalue weighted by molar-refractivity contribution is 0.389. The van der Waals surface area contributed by atoms with Gasteiger partial charge in [-0.2, -0.15) is 4.31 Å². The Morgan fingerprint density at radius 1 is 1.26 bits per heavy atom. The maximum atomic E-state index is 12.7. The molecule has 0 atom stereocenters. The van der Waals surface area contributed by atoms with Crippen LogP contribution in [0, 0.1) is 5.92 Å². The van der Waals surface area contributed by atoms with Crippen molar-refractivity contribution in [3.05, 3.63) is 23.2 Å². The summed E-state index contributed by atoms with van der Waals surface area (Å²) >= 11 is 5.85. The summed E-state index contributed by atoms with van der Waals surface area (Å²) in [7, 11) is -3.44. The normalized spacial score (nSPS) is 19.9. The molecule has 6 heteroatoms. The molecular formula is C13H17ClN2O2S. The van der Waals surface area contributed by atoms with Crippen LogP contribution in [0.4, 0.5) is 5.69 Å². The minimum Gasteiger partial charge on any atom is -0.397 e. The SMILES string of the molecule is Nc1cc(S(=O)(=O)N(CC2CC2)C2CC2)ccc1Cl. The van der Waals surface area contributed by atoms with Crippen LogP contribution in [0.15, 0.2) is 23.1 Å². The summed E-state index contributed by atoms with van der Waals surface area (Å²) in [5.41, 5.74) is 6.02. The maximum absolute atomic E-state index is 12.7. The summed E-state index contributed by atoms with van der Waals surface area (Å²) in [6, 6.07) is 4.73. The van der Waals surface area contributed by atoms with Crippen LogP contribution in [0.25, 0.3) is 0 Å². The van der Waals surface area contributed by atoms with Gasteiger partial charge in [0.25, 0.3) is 0 Å². The van der Waals surface area contributed by atoms with E-state index >= 15 is 0 Å². The van der Waals surface area contributed by atoms with Gasteiger partial charge in [0, 0.05) is 12.6 Å². The molecule has 0 radical (unpaired) electrons. The summed E-state index contributed by atoms with van der Waals surface area (Å²) in [5.74, 6) is 0.542. The molecule has 2 aliphatic carbocycles. The summed E-state index contributed by atoms with van der Waals surface area (Å²) in [6.45, 7) is 0.648. The topological polar surface area (TPSA) is 63.4 Å². The van der Waals surface area contributed by atoms with Gasteiger partial charge in [0.1, 0.15) is 0 Å². The standard InChI is InChI=1S/C13H17ClN2O2S/c14-12-6-5-11(7-13(12)15)19(17,18)16(10-3-4-10)8-9-1-2-9/h5-7,9-10H,1-4,8,15H2. The number of benzene rings is 1.